The number of nitrogens with zero attached hydrogens (tertiary/aromatic N) is 5. The second-order valence-corrected chi connectivity index (χ2v) is 21.6. The lowest BCUT2D eigenvalue weighted by molar-refractivity contribution is -0.123. The molecule has 2 fully saturated rings. The molecule has 81 heavy (non-hydrogen) atoms. The van der Waals surface area contributed by atoms with Crippen LogP contribution in [-0.4, -0.2) is 152 Å². The highest BCUT2D eigenvalue weighted by Gasteiger charge is 2.32. The number of carbonyl (C=O) groups excluding carboxylic acids is 3. The van der Waals surface area contributed by atoms with Crippen molar-refractivity contribution in [3.8, 4) is 34.5 Å². The molecule has 0 bridgehead atoms. The van der Waals surface area contributed by atoms with E-state index >= 15 is 0 Å². The third-order valence-corrected chi connectivity index (χ3v) is 14.9. The second kappa shape index (κ2) is 27.1. The maximum atomic E-state index is 13.4. The molecule has 4 aromatic carbocycles. The zero-order valence-electron chi connectivity index (χ0n) is 47.2. The minimum Gasteiger partial charge on any atom is -0.486 e. The summed E-state index contributed by atoms with van der Waals surface area (Å²) in [7, 11) is 3.14. The van der Waals surface area contributed by atoms with Crippen LogP contribution < -0.4 is 55.5 Å². The maximum absolute atomic E-state index is 13.4. The standard InChI is InChI=1S/C33H42N4O7.C28H34N4O5/c1-33(2,3)44-32(40)37(21-23-8-10-28-29(20-23)42-19-18-41-28)24-12-14-35(15-13-24)16-17-36-26-6-5-7-27(43-22-30(38)34-4)25(26)9-11-31(36)39;1-29-27(33)19-37-24-4-2-3-23-22(24)6-8-28(34)32(23)14-13-31-11-9-21(10-12-31)30-18-20-5-7-25-26(17-20)36-16-15-35-25/h5-11,20,24H,12-19,21-22H2,1-4H3,(H,34,38);2-8,17,21,30H,9-16,18-19H2,1H3,(H,29,33). The molecule has 4 aliphatic rings. The highest BCUT2D eigenvalue weighted by molar-refractivity contribution is 5.87. The largest absolute Gasteiger partial charge is 0.486 e. The molecule has 6 heterocycles. The van der Waals surface area contributed by atoms with Crippen molar-refractivity contribution in [2.75, 3.05) is 93.0 Å². The molecule has 20 heteroatoms. The molecule has 0 saturated carbocycles. The molecule has 6 aromatic rings. The predicted octanol–water partition coefficient (Wildman–Crippen LogP) is 5.95. The van der Waals surface area contributed by atoms with Gasteiger partial charge in [-0.05, 0) is 131 Å². The lowest BCUT2D eigenvalue weighted by atomic mass is 10.0. The number of likely N-dealkylation sites (tertiary alicyclic amines) is 2. The van der Waals surface area contributed by atoms with E-state index in [1.807, 2.05) is 80.3 Å². The van der Waals surface area contributed by atoms with Gasteiger partial charge in [-0.25, -0.2) is 4.79 Å². The van der Waals surface area contributed by atoms with E-state index in [0.29, 0.717) is 75.9 Å². The Balaban J connectivity index is 0.000000198. The SMILES string of the molecule is CNC(=O)COc1cccc2c1ccc(=O)n2CCN1CCC(N(Cc2ccc3c(c2)OCCO3)C(=O)OC(C)(C)C)CC1.CNC(=O)COc1cccc2c1ccc(=O)n2CCN1CCC(NCc2ccc3c(c2)OCCO3)CC1. The molecule has 0 unspecified atom stereocenters. The van der Waals surface area contributed by atoms with Gasteiger partial charge < -0.3 is 72.9 Å². The van der Waals surface area contributed by atoms with Crippen LogP contribution in [0.15, 0.2) is 107 Å². The van der Waals surface area contributed by atoms with E-state index < -0.39 is 5.60 Å². The van der Waals surface area contributed by atoms with Crippen LogP contribution in [0.1, 0.15) is 57.6 Å². The van der Waals surface area contributed by atoms with Crippen LogP contribution in [0.5, 0.6) is 34.5 Å². The monoisotopic (exact) mass is 1110 g/mol. The molecule has 0 radical (unpaired) electrons. The Morgan fingerprint density at radius 2 is 1.05 bits per heavy atom. The van der Waals surface area contributed by atoms with Crippen molar-refractivity contribution in [1.29, 1.82) is 0 Å². The van der Waals surface area contributed by atoms with Gasteiger partial charge in [0.15, 0.2) is 36.2 Å². The van der Waals surface area contributed by atoms with Gasteiger partial charge in [0.1, 0.15) is 43.5 Å². The number of ether oxygens (including phenoxy) is 7. The zero-order valence-corrected chi connectivity index (χ0v) is 47.2. The molecule has 2 saturated heterocycles. The fraction of sp³-hybridized carbons (Fsp3) is 0.459. The van der Waals surface area contributed by atoms with Crippen LogP contribution >= 0.6 is 0 Å². The predicted molar refractivity (Wildman–Crippen MR) is 308 cm³/mol. The van der Waals surface area contributed by atoms with E-state index in [4.69, 9.17) is 33.2 Å². The highest BCUT2D eigenvalue weighted by Crippen LogP contribution is 2.34. The molecule has 4 aliphatic heterocycles. The third kappa shape index (κ3) is 15.4. The fourth-order valence-electron chi connectivity index (χ4n) is 10.5. The Labute approximate surface area is 472 Å². The number of benzene rings is 4. The third-order valence-electron chi connectivity index (χ3n) is 14.9. The molecule has 3 N–H and O–H groups in total. The number of hydrogen-bond acceptors (Lipinski definition) is 15. The van der Waals surface area contributed by atoms with E-state index in [2.05, 4.69) is 37.9 Å². The molecular weight excluding hydrogens is 1040 g/mol. The summed E-state index contributed by atoms with van der Waals surface area (Å²) in [6.07, 6.45) is 3.36. The molecule has 20 nitrogen and oxygen atoms in total. The first-order valence-electron chi connectivity index (χ1n) is 28.1. The second-order valence-electron chi connectivity index (χ2n) is 21.6. The smallest absolute Gasteiger partial charge is 0.410 e. The van der Waals surface area contributed by atoms with Gasteiger partial charge in [-0.15, -0.1) is 0 Å². The molecule has 2 aromatic heterocycles. The van der Waals surface area contributed by atoms with Crippen molar-refractivity contribution < 1.29 is 47.5 Å². The summed E-state index contributed by atoms with van der Waals surface area (Å²) in [4.78, 5) is 68.9. The molecule has 3 amide bonds. The summed E-state index contributed by atoms with van der Waals surface area (Å²) in [5.41, 5.74) is 2.99. The first-order chi connectivity index (χ1) is 39.2. The Bertz CT molecular complexity index is 3270. The summed E-state index contributed by atoms with van der Waals surface area (Å²) in [6, 6.07) is 30.2. The van der Waals surface area contributed by atoms with Crippen LogP contribution in [-0.2, 0) is 40.5 Å². The van der Waals surface area contributed by atoms with Crippen LogP contribution in [0.3, 0.4) is 0 Å². The van der Waals surface area contributed by atoms with Gasteiger partial charge in [-0.3, -0.25) is 19.2 Å². The van der Waals surface area contributed by atoms with Crippen LogP contribution in [0.25, 0.3) is 21.8 Å². The van der Waals surface area contributed by atoms with E-state index in [9.17, 15) is 24.0 Å². The fourth-order valence-corrected chi connectivity index (χ4v) is 10.5. The summed E-state index contributed by atoms with van der Waals surface area (Å²) in [5, 5.41) is 10.4. The number of fused-ring (bicyclic) bond motifs is 4. The normalized spacial score (nSPS) is 15.8. The molecule has 0 aliphatic carbocycles. The molecule has 0 atom stereocenters. The first kappa shape index (κ1) is 57.9. The average molecular weight is 1110 g/mol. The summed E-state index contributed by atoms with van der Waals surface area (Å²) in [5.74, 6) is 3.79. The van der Waals surface area contributed by atoms with E-state index in [0.717, 1.165) is 110 Å². The Morgan fingerprint density at radius 1 is 0.580 bits per heavy atom. The van der Waals surface area contributed by atoms with Crippen molar-refractivity contribution in [2.24, 2.45) is 0 Å². The van der Waals surface area contributed by atoms with Crippen molar-refractivity contribution in [1.82, 2.24) is 39.8 Å². The van der Waals surface area contributed by atoms with E-state index in [1.165, 1.54) is 11.6 Å². The lowest BCUT2D eigenvalue weighted by Gasteiger charge is -2.39. The number of piperidine rings is 2. The van der Waals surface area contributed by atoms with Gasteiger partial charge in [-0.1, -0.05) is 24.3 Å². The summed E-state index contributed by atoms with van der Waals surface area (Å²) in [6.45, 7) is 15.0. The van der Waals surface area contributed by atoms with Gasteiger partial charge >= 0.3 is 6.09 Å². The first-order valence-corrected chi connectivity index (χ1v) is 28.1. The quantitative estimate of drug-likeness (QED) is 0.0910. The minimum absolute atomic E-state index is 0.00889. The van der Waals surface area contributed by atoms with Crippen LogP contribution in [0.4, 0.5) is 4.79 Å². The van der Waals surface area contributed by atoms with Gasteiger partial charge in [0.05, 0.1) is 11.0 Å². The van der Waals surface area contributed by atoms with Crippen molar-refractivity contribution in [3.63, 3.8) is 0 Å². The number of rotatable bonds is 18. The maximum Gasteiger partial charge on any atom is 0.410 e. The highest BCUT2D eigenvalue weighted by atomic mass is 16.6. The number of pyridine rings is 2. The van der Waals surface area contributed by atoms with Gasteiger partial charge in [0.25, 0.3) is 22.9 Å². The zero-order chi connectivity index (χ0) is 56.9. The Morgan fingerprint density at radius 3 is 1.54 bits per heavy atom. The summed E-state index contributed by atoms with van der Waals surface area (Å²) < 4.78 is 43.5. The number of likely N-dealkylation sites (N-methyl/N-ethyl adjacent to an activating group) is 2. The Hall–Kier alpha value is -7.81. The number of aromatic nitrogens is 2. The van der Waals surface area contributed by atoms with Crippen molar-refractivity contribution >= 4 is 39.7 Å². The van der Waals surface area contributed by atoms with Crippen molar-refractivity contribution in [3.05, 3.63) is 129 Å². The molecular formula is C61H76N8O12. The van der Waals surface area contributed by atoms with Gasteiger partial charge in [0, 0.05) is 101 Å². The Kier molecular flexibility index (Phi) is 19.4. The van der Waals surface area contributed by atoms with E-state index in [-0.39, 0.29) is 48.3 Å². The summed E-state index contributed by atoms with van der Waals surface area (Å²) >= 11 is 0. The number of nitrogens with one attached hydrogen (secondary N) is 3. The van der Waals surface area contributed by atoms with Crippen LogP contribution in [0.2, 0.25) is 0 Å². The minimum atomic E-state index is -0.609. The number of hydrogen-bond donors (Lipinski definition) is 3. The van der Waals surface area contributed by atoms with Gasteiger partial charge in [0.2, 0.25) is 0 Å². The average Bonchev–Trinajstić information content (AvgIpc) is 3.49. The van der Waals surface area contributed by atoms with Gasteiger partial charge in [-0.2, -0.15) is 0 Å². The van der Waals surface area contributed by atoms with E-state index in [1.54, 1.807) is 47.5 Å². The molecule has 10 rings (SSSR count). The number of carbonyl (C=O) groups is 3. The van der Waals surface area contributed by atoms with Crippen molar-refractivity contribution in [2.45, 2.75) is 90.3 Å². The topological polar surface area (TPSA) is 206 Å². The molecule has 432 valence electrons. The molecule has 0 spiro atoms. The van der Waals surface area contributed by atoms with Crippen LogP contribution in [0, 0.1) is 0 Å². The number of amides is 3. The lowest BCUT2D eigenvalue weighted by Crippen LogP contribution is -2.49.